The van der Waals surface area contributed by atoms with E-state index < -0.39 is 0 Å². The zero-order chi connectivity index (χ0) is 12.8. The van der Waals surface area contributed by atoms with Gasteiger partial charge in [0, 0.05) is 0 Å². The summed E-state index contributed by atoms with van der Waals surface area (Å²) >= 11 is 0. The maximum absolute atomic E-state index is 5.67. The molecule has 0 atom stereocenters. The fourth-order valence-electron chi connectivity index (χ4n) is 1.47. The Morgan fingerprint density at radius 3 is 2.05 bits per heavy atom. The topological polar surface area (TPSA) is 73.6 Å². The Morgan fingerprint density at radius 2 is 1.47 bits per heavy atom. The number of nitrogens with zero attached hydrogens (tertiary/aromatic N) is 1. The van der Waals surface area contributed by atoms with Gasteiger partial charge in [0.05, 0.1) is 6.54 Å². The van der Waals surface area contributed by atoms with Crippen LogP contribution < -0.4 is 16.2 Å². The van der Waals surface area contributed by atoms with Gasteiger partial charge in [0.1, 0.15) is 11.5 Å². The van der Waals surface area contributed by atoms with Crippen LogP contribution in [0.25, 0.3) is 0 Å². The molecule has 0 bridgehead atoms. The molecule has 5 heteroatoms. The number of hydrogen-bond acceptors (Lipinski definition) is 2. The Hall–Kier alpha value is -1.76. The second-order valence-electron chi connectivity index (χ2n) is 3.80. The van der Waals surface area contributed by atoms with Gasteiger partial charge in [0.2, 0.25) is 0 Å². The van der Waals surface area contributed by atoms with Gasteiger partial charge in [-0.15, -0.1) is 24.0 Å². The highest BCUT2D eigenvalue weighted by molar-refractivity contribution is 14.0. The normalized spacial score (nSPS) is 9.26. The number of halogens is 1. The van der Waals surface area contributed by atoms with Crippen LogP contribution in [0.5, 0.6) is 11.5 Å². The molecule has 0 aromatic heterocycles. The lowest BCUT2D eigenvalue weighted by atomic mass is 10.2. The molecule has 0 saturated carbocycles. The van der Waals surface area contributed by atoms with E-state index in [-0.39, 0.29) is 29.9 Å². The van der Waals surface area contributed by atoms with Crippen molar-refractivity contribution >= 4 is 29.9 Å². The minimum atomic E-state index is 0. The number of benzene rings is 2. The Morgan fingerprint density at radius 1 is 0.895 bits per heavy atom. The summed E-state index contributed by atoms with van der Waals surface area (Å²) in [6.07, 6.45) is 0. The predicted octanol–water partition coefficient (Wildman–Crippen LogP) is 2.87. The first kappa shape index (κ1) is 15.3. The molecule has 0 unspecified atom stereocenters. The quantitative estimate of drug-likeness (QED) is 0.495. The number of guanidine groups is 1. The lowest BCUT2D eigenvalue weighted by Gasteiger charge is -2.05. The van der Waals surface area contributed by atoms with Crippen LogP contribution in [0.1, 0.15) is 5.56 Å². The van der Waals surface area contributed by atoms with E-state index in [2.05, 4.69) is 4.99 Å². The second-order valence-corrected chi connectivity index (χ2v) is 3.80. The maximum Gasteiger partial charge on any atom is 0.186 e. The molecular weight excluding hydrogens is 353 g/mol. The summed E-state index contributed by atoms with van der Waals surface area (Å²) in [5, 5.41) is 0. The summed E-state index contributed by atoms with van der Waals surface area (Å²) in [6.45, 7) is 0.480. The summed E-state index contributed by atoms with van der Waals surface area (Å²) < 4.78 is 5.67. The van der Waals surface area contributed by atoms with E-state index in [0.29, 0.717) is 6.54 Å². The third-order valence-electron chi connectivity index (χ3n) is 2.35. The van der Waals surface area contributed by atoms with Crippen molar-refractivity contribution < 1.29 is 4.74 Å². The highest BCUT2D eigenvalue weighted by atomic mass is 127. The third-order valence-corrected chi connectivity index (χ3v) is 2.35. The Bertz CT molecular complexity index is 522. The van der Waals surface area contributed by atoms with E-state index in [0.717, 1.165) is 17.1 Å². The second kappa shape index (κ2) is 7.63. The van der Waals surface area contributed by atoms with Crippen molar-refractivity contribution in [1.29, 1.82) is 0 Å². The Kier molecular flexibility index (Phi) is 6.14. The largest absolute Gasteiger partial charge is 0.457 e. The zero-order valence-corrected chi connectivity index (χ0v) is 12.7. The predicted molar refractivity (Wildman–Crippen MR) is 87.9 cm³/mol. The molecule has 100 valence electrons. The van der Waals surface area contributed by atoms with E-state index in [1.165, 1.54) is 0 Å². The van der Waals surface area contributed by atoms with Gasteiger partial charge in [-0.1, -0.05) is 30.3 Å². The molecule has 0 saturated heterocycles. The standard InChI is InChI=1S/C14H15N3O.HI/c15-14(16)17-10-11-6-8-13(9-7-11)18-12-4-2-1-3-5-12;/h1-9H,10H2,(H4,15,16,17);1H. The van der Waals surface area contributed by atoms with Crippen molar-refractivity contribution in [2.75, 3.05) is 0 Å². The van der Waals surface area contributed by atoms with Crippen LogP contribution in [0.15, 0.2) is 59.6 Å². The van der Waals surface area contributed by atoms with Crippen molar-refractivity contribution in [3.05, 3.63) is 60.2 Å². The molecule has 0 radical (unpaired) electrons. The molecule has 0 aliphatic carbocycles. The summed E-state index contributed by atoms with van der Waals surface area (Å²) in [5.74, 6) is 1.70. The van der Waals surface area contributed by atoms with E-state index in [1.54, 1.807) is 0 Å². The summed E-state index contributed by atoms with van der Waals surface area (Å²) in [6, 6.07) is 17.3. The summed E-state index contributed by atoms with van der Waals surface area (Å²) in [4.78, 5) is 3.94. The number of aliphatic imine (C=N–C) groups is 1. The van der Waals surface area contributed by atoms with Crippen molar-refractivity contribution in [3.8, 4) is 11.5 Å². The third kappa shape index (κ3) is 5.17. The van der Waals surface area contributed by atoms with Crippen molar-refractivity contribution in [3.63, 3.8) is 0 Å². The van der Waals surface area contributed by atoms with Gasteiger partial charge in [-0.05, 0) is 29.8 Å². The molecule has 0 aliphatic rings. The highest BCUT2D eigenvalue weighted by Gasteiger charge is 1.97. The molecule has 4 N–H and O–H groups in total. The van der Waals surface area contributed by atoms with Crippen LogP contribution in [0.3, 0.4) is 0 Å². The van der Waals surface area contributed by atoms with Crippen molar-refractivity contribution in [2.45, 2.75) is 6.54 Å². The molecule has 2 rings (SSSR count). The summed E-state index contributed by atoms with van der Waals surface area (Å²) in [7, 11) is 0. The molecule has 4 nitrogen and oxygen atoms in total. The fourth-order valence-corrected chi connectivity index (χ4v) is 1.47. The first-order valence-electron chi connectivity index (χ1n) is 5.61. The average molecular weight is 369 g/mol. The fraction of sp³-hybridized carbons (Fsp3) is 0.0714. The van der Waals surface area contributed by atoms with Crippen LogP contribution in [-0.4, -0.2) is 5.96 Å². The highest BCUT2D eigenvalue weighted by Crippen LogP contribution is 2.21. The number of para-hydroxylation sites is 1. The van der Waals surface area contributed by atoms with E-state index in [1.807, 2.05) is 54.6 Å². The van der Waals surface area contributed by atoms with Crippen LogP contribution in [0.2, 0.25) is 0 Å². The lowest BCUT2D eigenvalue weighted by Crippen LogP contribution is -2.22. The van der Waals surface area contributed by atoms with Gasteiger partial charge >= 0.3 is 0 Å². The Balaban J connectivity index is 0.00000180. The number of hydrogen-bond donors (Lipinski definition) is 2. The first-order chi connectivity index (χ1) is 8.74. The summed E-state index contributed by atoms with van der Waals surface area (Å²) in [5.41, 5.74) is 11.6. The number of nitrogens with two attached hydrogens (primary N) is 2. The van der Waals surface area contributed by atoms with E-state index >= 15 is 0 Å². The van der Waals surface area contributed by atoms with E-state index in [4.69, 9.17) is 16.2 Å². The number of ether oxygens (including phenoxy) is 1. The lowest BCUT2D eigenvalue weighted by molar-refractivity contribution is 0.482. The van der Waals surface area contributed by atoms with Crippen LogP contribution >= 0.6 is 24.0 Å². The smallest absolute Gasteiger partial charge is 0.186 e. The van der Waals surface area contributed by atoms with Crippen molar-refractivity contribution in [2.24, 2.45) is 16.5 Å². The minimum absolute atomic E-state index is 0. The maximum atomic E-state index is 5.67. The van der Waals surface area contributed by atoms with Crippen molar-refractivity contribution in [1.82, 2.24) is 0 Å². The molecule has 0 aliphatic heterocycles. The molecule has 0 fully saturated rings. The molecule has 0 heterocycles. The van der Waals surface area contributed by atoms with Gasteiger partial charge in [-0.3, -0.25) is 0 Å². The van der Waals surface area contributed by atoms with Gasteiger partial charge in [-0.25, -0.2) is 4.99 Å². The molecule has 19 heavy (non-hydrogen) atoms. The van der Waals surface area contributed by atoms with Gasteiger partial charge in [0.25, 0.3) is 0 Å². The monoisotopic (exact) mass is 369 g/mol. The minimum Gasteiger partial charge on any atom is -0.457 e. The number of rotatable bonds is 4. The van der Waals surface area contributed by atoms with E-state index in [9.17, 15) is 0 Å². The molecule has 2 aromatic carbocycles. The van der Waals surface area contributed by atoms with Crippen LogP contribution in [0, 0.1) is 0 Å². The van der Waals surface area contributed by atoms with Crippen LogP contribution in [0.4, 0.5) is 0 Å². The van der Waals surface area contributed by atoms with Gasteiger partial charge < -0.3 is 16.2 Å². The first-order valence-corrected chi connectivity index (χ1v) is 5.61. The molecular formula is C14H16IN3O. The average Bonchev–Trinajstić information content (AvgIpc) is 2.39. The molecule has 0 spiro atoms. The zero-order valence-electron chi connectivity index (χ0n) is 10.3. The SMILES string of the molecule is I.NC(N)=NCc1ccc(Oc2ccccc2)cc1. The molecule has 0 amide bonds. The Labute approximate surface area is 129 Å². The van der Waals surface area contributed by atoms with Gasteiger partial charge in [-0.2, -0.15) is 0 Å². The van der Waals surface area contributed by atoms with Crippen LogP contribution in [-0.2, 0) is 6.54 Å². The van der Waals surface area contributed by atoms with Gasteiger partial charge in [0.15, 0.2) is 5.96 Å². The molecule has 2 aromatic rings.